The molecule has 0 heterocycles. The van der Waals surface area contributed by atoms with E-state index in [-0.39, 0.29) is 11.6 Å². The Bertz CT molecular complexity index is 451. The quantitative estimate of drug-likeness (QED) is 0.788. The highest BCUT2D eigenvalue weighted by molar-refractivity contribution is 7.90. The van der Waals surface area contributed by atoms with Crippen molar-refractivity contribution in [1.29, 1.82) is 0 Å². The van der Waals surface area contributed by atoms with Gasteiger partial charge in [0, 0.05) is 16.9 Å². The molecule has 0 amide bonds. The smallest absolute Gasteiger partial charge is 0.136 e. The van der Waals surface area contributed by atoms with E-state index in [4.69, 9.17) is 0 Å². The predicted octanol–water partition coefficient (Wildman–Crippen LogP) is 4.42. The van der Waals surface area contributed by atoms with E-state index in [0.29, 0.717) is 18.4 Å². The van der Waals surface area contributed by atoms with Crippen molar-refractivity contribution in [2.75, 3.05) is 0 Å². The minimum absolute atomic E-state index is 0.103. The molecule has 0 saturated heterocycles. The van der Waals surface area contributed by atoms with E-state index in [9.17, 15) is 13.3 Å². The van der Waals surface area contributed by atoms with Crippen molar-refractivity contribution >= 4 is 11.4 Å². The SMILES string of the molecule is CCCC(N[S@@+]([O-])C(C)(C)C)c1cc(F)c(CC)c(F)c1. The summed E-state index contributed by atoms with van der Waals surface area (Å²) in [5, 5.41) is 0. The third kappa shape index (κ3) is 4.94. The van der Waals surface area contributed by atoms with Crippen LogP contribution in [0.4, 0.5) is 8.78 Å². The third-order valence-electron chi connectivity index (χ3n) is 3.30. The maximum atomic E-state index is 13.9. The van der Waals surface area contributed by atoms with Crippen LogP contribution < -0.4 is 4.72 Å². The van der Waals surface area contributed by atoms with Gasteiger partial charge in [0.2, 0.25) is 0 Å². The molecule has 0 radical (unpaired) electrons. The fraction of sp³-hybridized carbons (Fsp3) is 0.625. The Hall–Kier alpha value is -0.650. The molecule has 120 valence electrons. The van der Waals surface area contributed by atoms with Crippen molar-refractivity contribution in [2.24, 2.45) is 0 Å². The van der Waals surface area contributed by atoms with Crippen molar-refractivity contribution < 1.29 is 13.3 Å². The summed E-state index contributed by atoms with van der Waals surface area (Å²) in [7, 11) is 0. The molecule has 0 aliphatic heterocycles. The van der Waals surface area contributed by atoms with Crippen molar-refractivity contribution in [3.05, 3.63) is 34.9 Å². The molecule has 1 aromatic carbocycles. The van der Waals surface area contributed by atoms with E-state index < -0.39 is 27.7 Å². The van der Waals surface area contributed by atoms with Gasteiger partial charge >= 0.3 is 0 Å². The molecule has 1 N–H and O–H groups in total. The topological polar surface area (TPSA) is 35.1 Å². The maximum Gasteiger partial charge on any atom is 0.136 e. The molecule has 1 unspecified atom stereocenters. The fourth-order valence-electron chi connectivity index (χ4n) is 2.05. The lowest BCUT2D eigenvalue weighted by atomic mass is 10.00. The molecule has 5 heteroatoms. The van der Waals surface area contributed by atoms with Gasteiger partial charge in [0.1, 0.15) is 16.4 Å². The lowest BCUT2D eigenvalue weighted by molar-refractivity contribution is 0.501. The van der Waals surface area contributed by atoms with Crippen LogP contribution in [0.3, 0.4) is 0 Å². The molecule has 2 atom stereocenters. The Morgan fingerprint density at radius 2 is 1.71 bits per heavy atom. The predicted molar refractivity (Wildman–Crippen MR) is 84.4 cm³/mol. The number of halogens is 2. The Balaban J connectivity index is 3.06. The first-order valence-electron chi connectivity index (χ1n) is 7.36. The van der Waals surface area contributed by atoms with Crippen LogP contribution in [0.15, 0.2) is 12.1 Å². The first-order chi connectivity index (χ1) is 9.70. The molecule has 0 saturated carbocycles. The molecule has 1 rings (SSSR count). The van der Waals surface area contributed by atoms with Crippen LogP contribution in [0.25, 0.3) is 0 Å². The van der Waals surface area contributed by atoms with Gasteiger partial charge in [-0.1, -0.05) is 20.3 Å². The van der Waals surface area contributed by atoms with Gasteiger partial charge in [-0.15, -0.1) is 4.72 Å². The van der Waals surface area contributed by atoms with Gasteiger partial charge in [0.15, 0.2) is 0 Å². The summed E-state index contributed by atoms with van der Waals surface area (Å²) in [6.45, 7) is 9.29. The minimum Gasteiger partial charge on any atom is -0.598 e. The largest absolute Gasteiger partial charge is 0.598 e. The molecule has 21 heavy (non-hydrogen) atoms. The van der Waals surface area contributed by atoms with Gasteiger partial charge < -0.3 is 4.55 Å². The molecule has 0 spiro atoms. The Morgan fingerprint density at radius 3 is 2.10 bits per heavy atom. The molecule has 0 aromatic heterocycles. The van der Waals surface area contributed by atoms with Crippen LogP contribution in [-0.2, 0) is 17.8 Å². The van der Waals surface area contributed by atoms with E-state index in [1.54, 1.807) is 6.92 Å². The monoisotopic (exact) mass is 317 g/mol. The van der Waals surface area contributed by atoms with Gasteiger partial charge in [-0.2, -0.15) is 0 Å². The van der Waals surface area contributed by atoms with Crippen molar-refractivity contribution in [3.8, 4) is 0 Å². The zero-order valence-corrected chi connectivity index (χ0v) is 14.2. The minimum atomic E-state index is -1.28. The standard InChI is InChI=1S/C16H25F2NOS/c1-6-8-15(19-21(20)16(3,4)5)11-9-13(17)12(7-2)14(18)10-11/h9-10,15,19H,6-8H2,1-5H3/t15?,21-/m0/s1. The van der Waals surface area contributed by atoms with Crippen LogP contribution in [-0.4, -0.2) is 9.30 Å². The van der Waals surface area contributed by atoms with Gasteiger partial charge in [-0.25, -0.2) is 8.78 Å². The van der Waals surface area contributed by atoms with Crippen molar-refractivity contribution in [2.45, 2.75) is 64.7 Å². The van der Waals surface area contributed by atoms with E-state index in [1.165, 1.54) is 12.1 Å². The van der Waals surface area contributed by atoms with Gasteiger partial charge in [0.25, 0.3) is 0 Å². The highest BCUT2D eigenvalue weighted by atomic mass is 32.2. The summed E-state index contributed by atoms with van der Waals surface area (Å²) >= 11 is -1.28. The summed E-state index contributed by atoms with van der Waals surface area (Å²) in [4.78, 5) is 0. The van der Waals surface area contributed by atoms with Crippen LogP contribution in [0, 0.1) is 11.6 Å². The average molecular weight is 317 g/mol. The van der Waals surface area contributed by atoms with E-state index in [0.717, 1.165) is 6.42 Å². The summed E-state index contributed by atoms with van der Waals surface area (Å²) in [6, 6.07) is 2.40. The van der Waals surface area contributed by atoms with E-state index >= 15 is 0 Å². The molecule has 1 aromatic rings. The van der Waals surface area contributed by atoms with Crippen molar-refractivity contribution in [1.82, 2.24) is 4.72 Å². The van der Waals surface area contributed by atoms with Gasteiger partial charge in [-0.3, -0.25) is 0 Å². The molecular formula is C16H25F2NOS. The summed E-state index contributed by atoms with van der Waals surface area (Å²) < 4.78 is 42.7. The summed E-state index contributed by atoms with van der Waals surface area (Å²) in [5.74, 6) is -1.06. The summed E-state index contributed by atoms with van der Waals surface area (Å²) in [6.07, 6.45) is 1.82. The van der Waals surface area contributed by atoms with Gasteiger partial charge in [0.05, 0.1) is 6.04 Å². The van der Waals surface area contributed by atoms with Crippen LogP contribution in [0.2, 0.25) is 0 Å². The van der Waals surface area contributed by atoms with Crippen molar-refractivity contribution in [3.63, 3.8) is 0 Å². The van der Waals surface area contributed by atoms with Crippen LogP contribution in [0.5, 0.6) is 0 Å². The first kappa shape index (κ1) is 18.4. The summed E-state index contributed by atoms with van der Waals surface area (Å²) in [5.41, 5.74) is 0.618. The van der Waals surface area contributed by atoms with Crippen LogP contribution in [0.1, 0.15) is 64.6 Å². The lowest BCUT2D eigenvalue weighted by Gasteiger charge is -2.28. The zero-order chi connectivity index (χ0) is 16.2. The van der Waals surface area contributed by atoms with E-state index in [2.05, 4.69) is 4.72 Å². The number of hydrogen-bond acceptors (Lipinski definition) is 2. The lowest BCUT2D eigenvalue weighted by Crippen LogP contribution is -2.41. The molecule has 0 aliphatic rings. The van der Waals surface area contributed by atoms with Crippen LogP contribution >= 0.6 is 0 Å². The van der Waals surface area contributed by atoms with Gasteiger partial charge in [-0.05, 0) is 51.3 Å². The molecule has 0 fully saturated rings. The van der Waals surface area contributed by atoms with E-state index in [1.807, 2.05) is 27.7 Å². The number of nitrogens with one attached hydrogen (secondary N) is 1. The normalized spacial score (nSPS) is 15.0. The second-order valence-corrected chi connectivity index (χ2v) is 8.15. The molecular weight excluding hydrogens is 292 g/mol. The number of benzene rings is 1. The average Bonchev–Trinajstić information content (AvgIpc) is 2.36. The molecule has 2 nitrogen and oxygen atoms in total. The number of rotatable bonds is 6. The Morgan fingerprint density at radius 1 is 1.19 bits per heavy atom. The Labute approximate surface area is 129 Å². The first-order valence-corrected chi connectivity index (χ1v) is 8.51. The second kappa shape index (κ2) is 7.56. The third-order valence-corrected chi connectivity index (χ3v) is 4.91. The highest BCUT2D eigenvalue weighted by Gasteiger charge is 2.30. The number of hydrogen-bond donors (Lipinski definition) is 1. The fourth-order valence-corrected chi connectivity index (χ4v) is 2.92. The highest BCUT2D eigenvalue weighted by Crippen LogP contribution is 2.26. The Kier molecular flexibility index (Phi) is 6.63. The maximum absolute atomic E-state index is 13.9. The molecule has 0 aliphatic carbocycles. The zero-order valence-electron chi connectivity index (χ0n) is 13.4. The second-order valence-electron chi connectivity index (χ2n) is 6.16. The molecule has 0 bridgehead atoms.